The van der Waals surface area contributed by atoms with Crippen LogP contribution < -0.4 is 5.32 Å². The Morgan fingerprint density at radius 3 is 2.00 bits per heavy atom. The molecule has 0 saturated carbocycles. The summed E-state index contributed by atoms with van der Waals surface area (Å²) in [5.41, 5.74) is 1.74. The minimum absolute atomic E-state index is 0. The molecule has 96 valence electrons. The smallest absolute Gasteiger partial charge is 2.00 e. The normalized spacial score (nSPS) is 8.21. The van der Waals surface area contributed by atoms with Crippen LogP contribution in [0.15, 0.2) is 54.6 Å². The molecule has 2 aromatic carbocycles. The minimum Gasteiger partial charge on any atom is -2.00 e. The SMILES string of the molecule is O=C(O)c1ccccc1Nc1ccccc1.[O-2].[O-2].[Ti+4]. The van der Waals surface area contributed by atoms with E-state index in [0.29, 0.717) is 5.69 Å². The van der Waals surface area contributed by atoms with E-state index in [1.807, 2.05) is 30.3 Å². The van der Waals surface area contributed by atoms with Crippen molar-refractivity contribution in [2.45, 2.75) is 0 Å². The molecule has 19 heavy (non-hydrogen) atoms. The molecule has 0 saturated heterocycles. The van der Waals surface area contributed by atoms with E-state index in [-0.39, 0.29) is 38.2 Å². The van der Waals surface area contributed by atoms with Crippen molar-refractivity contribution in [3.63, 3.8) is 0 Å². The maximum Gasteiger partial charge on any atom is 4.00 e. The first kappa shape index (κ1) is 19.7. The van der Waals surface area contributed by atoms with Gasteiger partial charge in [0.2, 0.25) is 0 Å². The second-order valence-corrected chi connectivity index (χ2v) is 3.34. The third-order valence-corrected chi connectivity index (χ3v) is 2.21. The number of carboxylic acid groups (broad SMARTS) is 1. The largest absolute Gasteiger partial charge is 4.00 e. The molecular weight excluding hydrogens is 282 g/mol. The average molecular weight is 293 g/mol. The molecule has 0 aliphatic heterocycles. The molecule has 0 aliphatic carbocycles. The van der Waals surface area contributed by atoms with Crippen LogP contribution >= 0.6 is 0 Å². The number of carboxylic acids is 1. The number of rotatable bonds is 3. The summed E-state index contributed by atoms with van der Waals surface area (Å²) >= 11 is 0. The van der Waals surface area contributed by atoms with Crippen molar-refractivity contribution in [1.82, 2.24) is 0 Å². The zero-order chi connectivity index (χ0) is 11.4. The number of hydrogen-bond donors (Lipinski definition) is 2. The predicted molar refractivity (Wildman–Crippen MR) is 64.5 cm³/mol. The molecule has 2 aromatic rings. The fourth-order valence-electron chi connectivity index (χ4n) is 1.46. The summed E-state index contributed by atoms with van der Waals surface area (Å²) in [5, 5.41) is 12.1. The number of carbonyl (C=O) groups is 1. The summed E-state index contributed by atoms with van der Waals surface area (Å²) < 4.78 is 0. The van der Waals surface area contributed by atoms with Crippen LogP contribution in [0.5, 0.6) is 0 Å². The van der Waals surface area contributed by atoms with Gasteiger partial charge in [-0.05, 0) is 24.3 Å². The number of benzene rings is 2. The summed E-state index contributed by atoms with van der Waals surface area (Å²) in [7, 11) is 0. The van der Waals surface area contributed by atoms with E-state index in [4.69, 9.17) is 5.11 Å². The Bertz CT molecular complexity index is 505. The fraction of sp³-hybridized carbons (Fsp3) is 0. The topological polar surface area (TPSA) is 106 Å². The van der Waals surface area contributed by atoms with Crippen molar-refractivity contribution >= 4 is 17.3 Å². The van der Waals surface area contributed by atoms with E-state index in [9.17, 15) is 4.79 Å². The molecule has 6 heteroatoms. The Labute approximate surface area is 125 Å². The van der Waals surface area contributed by atoms with Gasteiger partial charge in [0.1, 0.15) is 0 Å². The van der Waals surface area contributed by atoms with Crippen LogP contribution in [0.1, 0.15) is 10.4 Å². The number of anilines is 2. The Hall–Kier alpha value is -1.66. The van der Waals surface area contributed by atoms with Crippen LogP contribution in [-0.2, 0) is 32.7 Å². The molecule has 0 atom stereocenters. The van der Waals surface area contributed by atoms with Crippen molar-refractivity contribution in [1.29, 1.82) is 0 Å². The van der Waals surface area contributed by atoms with E-state index in [1.165, 1.54) is 0 Å². The minimum atomic E-state index is -0.931. The van der Waals surface area contributed by atoms with Crippen molar-refractivity contribution < 1.29 is 42.6 Å². The maximum atomic E-state index is 11.0. The number of nitrogens with one attached hydrogen (secondary N) is 1. The van der Waals surface area contributed by atoms with Crippen molar-refractivity contribution in [3.8, 4) is 0 Å². The first-order valence-electron chi connectivity index (χ1n) is 4.92. The van der Waals surface area contributed by atoms with Gasteiger partial charge in [-0.3, -0.25) is 0 Å². The van der Waals surface area contributed by atoms with Crippen LogP contribution in [0.25, 0.3) is 0 Å². The molecule has 0 aromatic heterocycles. The predicted octanol–water partition coefficient (Wildman–Crippen LogP) is 2.89. The van der Waals surface area contributed by atoms with Crippen LogP contribution in [0.3, 0.4) is 0 Å². The van der Waals surface area contributed by atoms with Gasteiger partial charge in [-0.1, -0.05) is 30.3 Å². The first-order valence-corrected chi connectivity index (χ1v) is 4.92. The third-order valence-electron chi connectivity index (χ3n) is 2.21. The quantitative estimate of drug-likeness (QED) is 0.849. The first-order chi connectivity index (χ1) is 7.77. The molecule has 0 unspecified atom stereocenters. The fourth-order valence-corrected chi connectivity index (χ4v) is 1.46. The summed E-state index contributed by atoms with van der Waals surface area (Å²) in [5.74, 6) is -0.931. The Morgan fingerprint density at radius 2 is 1.42 bits per heavy atom. The van der Waals surface area contributed by atoms with Gasteiger partial charge in [0.15, 0.2) is 0 Å². The molecule has 0 fully saturated rings. The summed E-state index contributed by atoms with van der Waals surface area (Å²) in [6, 6.07) is 16.3. The van der Waals surface area contributed by atoms with Gasteiger partial charge in [-0.25, -0.2) is 4.79 Å². The van der Waals surface area contributed by atoms with E-state index in [1.54, 1.807) is 24.3 Å². The van der Waals surface area contributed by atoms with Crippen molar-refractivity contribution in [2.75, 3.05) is 5.32 Å². The monoisotopic (exact) mass is 293 g/mol. The Balaban J connectivity index is 0. The van der Waals surface area contributed by atoms with Gasteiger partial charge in [-0.2, -0.15) is 0 Å². The zero-order valence-electron chi connectivity index (χ0n) is 9.87. The summed E-state index contributed by atoms with van der Waals surface area (Å²) in [4.78, 5) is 11.0. The third kappa shape index (κ3) is 5.24. The van der Waals surface area contributed by atoms with Crippen LogP contribution in [-0.4, -0.2) is 11.1 Å². The number of para-hydroxylation sites is 2. The standard InChI is InChI=1S/C13H11NO2.2O.Ti/c15-13(16)11-8-4-5-9-12(11)14-10-6-2-1-3-7-10;;;/h1-9,14H,(H,15,16);;;/q;2*-2;+4. The van der Waals surface area contributed by atoms with Gasteiger partial charge in [0.05, 0.1) is 11.3 Å². The van der Waals surface area contributed by atoms with Gasteiger partial charge >= 0.3 is 27.7 Å². The van der Waals surface area contributed by atoms with Crippen molar-refractivity contribution in [3.05, 3.63) is 60.2 Å². The molecule has 2 N–H and O–H groups in total. The number of hydrogen-bond acceptors (Lipinski definition) is 2. The molecule has 2 rings (SSSR count). The van der Waals surface area contributed by atoms with E-state index in [0.717, 1.165) is 5.69 Å². The van der Waals surface area contributed by atoms with Crippen LogP contribution in [0, 0.1) is 0 Å². The van der Waals surface area contributed by atoms with Crippen molar-refractivity contribution in [2.24, 2.45) is 0 Å². The second-order valence-electron chi connectivity index (χ2n) is 3.34. The molecule has 0 aliphatic rings. The molecular formula is C13H11NO4Ti. The molecule has 0 radical (unpaired) electrons. The molecule has 0 bridgehead atoms. The molecule has 0 heterocycles. The number of aromatic carboxylic acids is 1. The second kappa shape index (κ2) is 9.30. The molecule has 0 spiro atoms. The average Bonchev–Trinajstić information content (AvgIpc) is 2.31. The van der Waals surface area contributed by atoms with Crippen LogP contribution in [0.4, 0.5) is 11.4 Å². The Morgan fingerprint density at radius 1 is 0.895 bits per heavy atom. The van der Waals surface area contributed by atoms with Gasteiger partial charge in [-0.15, -0.1) is 0 Å². The van der Waals surface area contributed by atoms with E-state index in [2.05, 4.69) is 5.32 Å². The van der Waals surface area contributed by atoms with Gasteiger partial charge in [0.25, 0.3) is 0 Å². The summed E-state index contributed by atoms with van der Waals surface area (Å²) in [6.45, 7) is 0. The Kier molecular flexibility index (Phi) is 9.63. The van der Waals surface area contributed by atoms with Gasteiger partial charge < -0.3 is 21.4 Å². The van der Waals surface area contributed by atoms with Gasteiger partial charge in [0, 0.05) is 5.69 Å². The zero-order valence-corrected chi connectivity index (χ0v) is 11.4. The van der Waals surface area contributed by atoms with E-state index >= 15 is 0 Å². The summed E-state index contributed by atoms with van der Waals surface area (Å²) in [6.07, 6.45) is 0. The maximum absolute atomic E-state index is 11.0. The molecule has 5 nitrogen and oxygen atoms in total. The molecule has 0 amide bonds. The van der Waals surface area contributed by atoms with E-state index < -0.39 is 5.97 Å². The van der Waals surface area contributed by atoms with Crippen LogP contribution in [0.2, 0.25) is 0 Å².